The highest BCUT2D eigenvalue weighted by Gasteiger charge is 2.28. The molecule has 0 atom stereocenters. The second-order valence-electron chi connectivity index (χ2n) is 4.52. The van der Waals surface area contributed by atoms with E-state index in [9.17, 15) is 8.42 Å². The quantitative estimate of drug-likeness (QED) is 0.841. The van der Waals surface area contributed by atoms with E-state index in [2.05, 4.69) is 10.2 Å². The Morgan fingerprint density at radius 3 is 2.30 bits per heavy atom. The highest BCUT2D eigenvalue weighted by Crippen LogP contribution is 2.27. The molecule has 0 aliphatic heterocycles. The van der Waals surface area contributed by atoms with E-state index < -0.39 is 10.0 Å². The van der Waals surface area contributed by atoms with E-state index in [0.29, 0.717) is 29.3 Å². The van der Waals surface area contributed by atoms with Crippen LogP contribution < -0.4 is 10.0 Å². The van der Waals surface area contributed by atoms with Gasteiger partial charge in [-0.1, -0.05) is 0 Å². The average Bonchev–Trinajstić information content (AvgIpc) is 2.72. The van der Waals surface area contributed by atoms with Gasteiger partial charge in [-0.15, -0.1) is 0 Å². The molecule has 0 bridgehead atoms. The Balaban J connectivity index is 2.53. The van der Waals surface area contributed by atoms with Crippen molar-refractivity contribution < 1.29 is 8.42 Å². The van der Waals surface area contributed by atoms with Gasteiger partial charge in [-0.05, 0) is 45.0 Å². The molecule has 0 amide bonds. The molecule has 1 heterocycles. The molecule has 0 saturated heterocycles. The zero-order chi connectivity index (χ0) is 14.9. The largest absolute Gasteiger partial charge is 0.399 e. The van der Waals surface area contributed by atoms with E-state index >= 15 is 0 Å². The Bertz CT molecular complexity index is 685. The van der Waals surface area contributed by atoms with E-state index in [1.54, 1.807) is 45.0 Å². The second-order valence-corrected chi connectivity index (χ2v) is 6.32. The van der Waals surface area contributed by atoms with Crippen LogP contribution in [0.25, 0.3) is 0 Å². The van der Waals surface area contributed by atoms with Crippen LogP contribution in [0.3, 0.4) is 0 Å². The minimum Gasteiger partial charge on any atom is -0.399 e. The number of H-pyrrole nitrogens is 1. The van der Waals surface area contributed by atoms with Crippen molar-refractivity contribution in [3.8, 4) is 0 Å². The van der Waals surface area contributed by atoms with Crippen molar-refractivity contribution in [2.45, 2.75) is 25.7 Å². The van der Waals surface area contributed by atoms with Gasteiger partial charge < -0.3 is 5.73 Å². The molecule has 0 aliphatic rings. The number of nitrogens with one attached hydrogen (secondary N) is 1. The van der Waals surface area contributed by atoms with Crippen LogP contribution in [0.4, 0.5) is 11.4 Å². The summed E-state index contributed by atoms with van der Waals surface area (Å²) in [6.07, 6.45) is 0. The molecule has 1 aromatic carbocycles. The molecule has 0 unspecified atom stereocenters. The summed E-state index contributed by atoms with van der Waals surface area (Å²) in [6.45, 7) is 5.49. The molecule has 0 fully saturated rings. The number of sulfonamides is 1. The summed E-state index contributed by atoms with van der Waals surface area (Å²) < 4.78 is 26.9. The van der Waals surface area contributed by atoms with Gasteiger partial charge in [0.25, 0.3) is 10.0 Å². The van der Waals surface area contributed by atoms with Crippen LogP contribution in [0.15, 0.2) is 29.2 Å². The van der Waals surface area contributed by atoms with Crippen molar-refractivity contribution in [1.82, 2.24) is 10.2 Å². The summed E-state index contributed by atoms with van der Waals surface area (Å²) in [7, 11) is -3.64. The second kappa shape index (κ2) is 5.16. The predicted octanol–water partition coefficient (Wildman–Crippen LogP) is 1.82. The third-order valence-corrected chi connectivity index (χ3v) is 5.24. The van der Waals surface area contributed by atoms with Gasteiger partial charge in [-0.25, -0.2) is 8.42 Å². The average molecular weight is 294 g/mol. The zero-order valence-electron chi connectivity index (χ0n) is 11.7. The maximum absolute atomic E-state index is 12.8. The molecule has 0 spiro atoms. The number of aromatic amines is 1. The van der Waals surface area contributed by atoms with Gasteiger partial charge in [0.15, 0.2) is 0 Å². The van der Waals surface area contributed by atoms with Gasteiger partial charge in [0.2, 0.25) is 0 Å². The summed E-state index contributed by atoms with van der Waals surface area (Å²) in [6, 6.07) is 6.76. The summed E-state index contributed by atoms with van der Waals surface area (Å²) in [5.74, 6) is 0. The van der Waals surface area contributed by atoms with Gasteiger partial charge in [-0.3, -0.25) is 9.40 Å². The third-order valence-electron chi connectivity index (χ3n) is 3.08. The van der Waals surface area contributed by atoms with E-state index in [-0.39, 0.29) is 4.90 Å². The Morgan fingerprint density at radius 1 is 1.25 bits per heavy atom. The van der Waals surface area contributed by atoms with Crippen molar-refractivity contribution in [2.75, 3.05) is 16.6 Å². The lowest BCUT2D eigenvalue weighted by Crippen LogP contribution is -2.31. The van der Waals surface area contributed by atoms with Crippen LogP contribution in [0.1, 0.15) is 18.3 Å². The van der Waals surface area contributed by atoms with Gasteiger partial charge in [0.1, 0.15) is 4.90 Å². The standard InChI is InChI=1S/C13H18N4O2S/c1-4-17(12-7-5-11(14)6-8-12)20(18,19)13-9(2)15-16-10(13)3/h5-8H,4,14H2,1-3H3,(H,15,16). The fraction of sp³-hybridized carbons (Fsp3) is 0.308. The number of benzene rings is 1. The van der Waals surface area contributed by atoms with Crippen molar-refractivity contribution in [1.29, 1.82) is 0 Å². The van der Waals surface area contributed by atoms with E-state index in [1.807, 2.05) is 0 Å². The highest BCUT2D eigenvalue weighted by atomic mass is 32.2. The third kappa shape index (κ3) is 2.36. The fourth-order valence-corrected chi connectivity index (χ4v) is 3.97. The van der Waals surface area contributed by atoms with Crippen LogP contribution in [-0.2, 0) is 10.0 Å². The zero-order valence-corrected chi connectivity index (χ0v) is 12.5. The molecule has 2 rings (SSSR count). The summed E-state index contributed by atoms with van der Waals surface area (Å²) in [4.78, 5) is 0.233. The van der Waals surface area contributed by atoms with Gasteiger partial charge >= 0.3 is 0 Å². The molecular formula is C13H18N4O2S. The maximum atomic E-state index is 12.8. The maximum Gasteiger partial charge on any atom is 0.267 e. The molecule has 3 N–H and O–H groups in total. The normalized spacial score (nSPS) is 11.6. The molecule has 7 heteroatoms. The first-order chi connectivity index (χ1) is 9.37. The minimum absolute atomic E-state index is 0.233. The van der Waals surface area contributed by atoms with Crippen molar-refractivity contribution in [3.05, 3.63) is 35.7 Å². The van der Waals surface area contributed by atoms with Crippen molar-refractivity contribution >= 4 is 21.4 Å². The topological polar surface area (TPSA) is 92.1 Å². The number of nitrogen functional groups attached to an aromatic ring is 1. The Hall–Kier alpha value is -2.02. The minimum atomic E-state index is -3.64. The van der Waals surface area contributed by atoms with Crippen LogP contribution in [0.5, 0.6) is 0 Å². The molecule has 1 aromatic heterocycles. The van der Waals surface area contributed by atoms with Crippen LogP contribution >= 0.6 is 0 Å². The summed E-state index contributed by atoms with van der Waals surface area (Å²) >= 11 is 0. The Labute approximate surface area is 118 Å². The summed E-state index contributed by atoms with van der Waals surface area (Å²) in [5, 5.41) is 6.66. The van der Waals surface area contributed by atoms with Crippen LogP contribution in [0.2, 0.25) is 0 Å². The molecule has 6 nitrogen and oxygen atoms in total. The van der Waals surface area contributed by atoms with E-state index in [0.717, 1.165) is 0 Å². The van der Waals surface area contributed by atoms with Crippen molar-refractivity contribution in [3.63, 3.8) is 0 Å². The number of hydrogen-bond acceptors (Lipinski definition) is 4. The SMILES string of the molecule is CCN(c1ccc(N)cc1)S(=O)(=O)c1c(C)n[nH]c1C. The molecule has 0 saturated carbocycles. The fourth-order valence-electron chi connectivity index (χ4n) is 2.16. The first-order valence-corrected chi connectivity index (χ1v) is 7.71. The Kier molecular flexibility index (Phi) is 3.71. The number of nitrogens with two attached hydrogens (primary N) is 1. The van der Waals surface area contributed by atoms with Gasteiger partial charge in [0.05, 0.1) is 17.1 Å². The monoisotopic (exact) mass is 294 g/mol. The molecule has 20 heavy (non-hydrogen) atoms. The molecule has 2 aromatic rings. The van der Waals surface area contributed by atoms with Crippen molar-refractivity contribution in [2.24, 2.45) is 0 Å². The lowest BCUT2D eigenvalue weighted by Gasteiger charge is -2.23. The number of anilines is 2. The smallest absolute Gasteiger partial charge is 0.267 e. The number of rotatable bonds is 4. The highest BCUT2D eigenvalue weighted by molar-refractivity contribution is 7.93. The van der Waals surface area contributed by atoms with Crippen LogP contribution in [0, 0.1) is 13.8 Å². The first-order valence-electron chi connectivity index (χ1n) is 6.27. The van der Waals surface area contributed by atoms with E-state index in [1.165, 1.54) is 4.31 Å². The first kappa shape index (κ1) is 14.4. The lowest BCUT2D eigenvalue weighted by atomic mass is 10.3. The predicted molar refractivity (Wildman–Crippen MR) is 79.1 cm³/mol. The lowest BCUT2D eigenvalue weighted by molar-refractivity contribution is 0.590. The van der Waals surface area contributed by atoms with Gasteiger partial charge in [-0.2, -0.15) is 5.10 Å². The van der Waals surface area contributed by atoms with Gasteiger partial charge in [0, 0.05) is 12.2 Å². The van der Waals surface area contributed by atoms with Crippen LogP contribution in [-0.4, -0.2) is 25.2 Å². The molecule has 0 radical (unpaired) electrons. The number of aromatic nitrogens is 2. The number of hydrogen-bond donors (Lipinski definition) is 2. The summed E-state index contributed by atoms with van der Waals surface area (Å²) in [5.41, 5.74) is 7.82. The molecule has 108 valence electrons. The molecular weight excluding hydrogens is 276 g/mol. The molecule has 0 aliphatic carbocycles. The van der Waals surface area contributed by atoms with E-state index in [4.69, 9.17) is 5.73 Å². The number of nitrogens with zero attached hydrogens (tertiary/aromatic N) is 2. The number of aryl methyl sites for hydroxylation is 2. The Morgan fingerprint density at radius 2 is 1.85 bits per heavy atom.